The number of hydrogen-bond donors (Lipinski definition) is 1. The fraction of sp³-hybridized carbons (Fsp3) is 0.125. The largest absolute Gasteiger partial charge is 0.508 e. The van der Waals surface area contributed by atoms with Gasteiger partial charge in [0.1, 0.15) is 5.75 Å². The Morgan fingerprint density at radius 2 is 1.65 bits per heavy atom. The van der Waals surface area contributed by atoms with Crippen molar-refractivity contribution in [1.29, 1.82) is 0 Å². The van der Waals surface area contributed by atoms with Crippen molar-refractivity contribution in [2.45, 2.75) is 13.8 Å². The van der Waals surface area contributed by atoms with Crippen molar-refractivity contribution in [2.24, 2.45) is 0 Å². The van der Waals surface area contributed by atoms with Gasteiger partial charge in [0.2, 0.25) is 0 Å². The van der Waals surface area contributed by atoms with E-state index in [1.807, 2.05) is 19.1 Å². The van der Waals surface area contributed by atoms with Crippen LogP contribution in [0.15, 0.2) is 49.0 Å². The minimum atomic E-state index is 0.316. The van der Waals surface area contributed by atoms with E-state index in [-0.39, 0.29) is 0 Å². The molecule has 0 aliphatic rings. The average Bonchev–Trinajstić information content (AvgIpc) is 2.33. The van der Waals surface area contributed by atoms with Crippen LogP contribution in [0.1, 0.15) is 22.3 Å². The van der Waals surface area contributed by atoms with Crippen LogP contribution in [0, 0.1) is 13.8 Å². The number of aryl methyl sites for hydroxylation is 1. The predicted octanol–water partition coefficient (Wildman–Crippen LogP) is 4.07. The Bertz CT molecular complexity index is 550. The molecule has 2 aromatic carbocycles. The predicted molar refractivity (Wildman–Crippen MR) is 72.2 cm³/mol. The molecule has 0 fully saturated rings. The first-order chi connectivity index (χ1) is 8.09. The van der Waals surface area contributed by atoms with Gasteiger partial charge in [0, 0.05) is 0 Å². The minimum Gasteiger partial charge on any atom is -0.508 e. The molecule has 0 atom stereocenters. The first kappa shape index (κ1) is 11.5. The first-order valence-electron chi connectivity index (χ1n) is 5.64. The SMILES string of the molecule is C=C(c1ccc(C)cc1)c1cccc(O)c1C. The van der Waals surface area contributed by atoms with Crippen LogP contribution in [0.5, 0.6) is 5.75 Å². The Morgan fingerprint density at radius 3 is 2.29 bits per heavy atom. The van der Waals surface area contributed by atoms with Crippen molar-refractivity contribution >= 4 is 5.57 Å². The van der Waals surface area contributed by atoms with Crippen LogP contribution in [0.2, 0.25) is 0 Å². The highest BCUT2D eigenvalue weighted by Crippen LogP contribution is 2.29. The van der Waals surface area contributed by atoms with Gasteiger partial charge in [0.25, 0.3) is 0 Å². The normalized spacial score (nSPS) is 10.2. The van der Waals surface area contributed by atoms with Crippen molar-refractivity contribution in [3.05, 3.63) is 71.3 Å². The quantitative estimate of drug-likeness (QED) is 0.815. The lowest BCUT2D eigenvalue weighted by atomic mass is 9.95. The second-order valence-electron chi connectivity index (χ2n) is 4.29. The van der Waals surface area contributed by atoms with Gasteiger partial charge in [-0.3, -0.25) is 0 Å². The van der Waals surface area contributed by atoms with Crippen molar-refractivity contribution < 1.29 is 5.11 Å². The van der Waals surface area contributed by atoms with Crippen LogP contribution in [0.3, 0.4) is 0 Å². The molecule has 86 valence electrons. The van der Waals surface area contributed by atoms with Crippen molar-refractivity contribution in [2.75, 3.05) is 0 Å². The number of aromatic hydroxyl groups is 1. The summed E-state index contributed by atoms with van der Waals surface area (Å²) in [6.07, 6.45) is 0. The van der Waals surface area contributed by atoms with Crippen LogP contribution in [0.25, 0.3) is 5.57 Å². The minimum absolute atomic E-state index is 0.316. The van der Waals surface area contributed by atoms with E-state index in [0.29, 0.717) is 5.75 Å². The molecule has 17 heavy (non-hydrogen) atoms. The van der Waals surface area contributed by atoms with Crippen molar-refractivity contribution in [1.82, 2.24) is 0 Å². The van der Waals surface area contributed by atoms with Gasteiger partial charge in [-0.2, -0.15) is 0 Å². The monoisotopic (exact) mass is 224 g/mol. The fourth-order valence-corrected chi connectivity index (χ4v) is 1.86. The molecule has 0 bridgehead atoms. The van der Waals surface area contributed by atoms with Crippen LogP contribution in [-0.2, 0) is 0 Å². The third-order valence-corrected chi connectivity index (χ3v) is 3.03. The van der Waals surface area contributed by atoms with E-state index < -0.39 is 0 Å². The molecule has 1 N–H and O–H groups in total. The highest BCUT2D eigenvalue weighted by Gasteiger charge is 2.07. The van der Waals surface area contributed by atoms with Gasteiger partial charge in [-0.1, -0.05) is 48.5 Å². The molecule has 1 heteroatoms. The molecule has 0 amide bonds. The first-order valence-corrected chi connectivity index (χ1v) is 5.64. The van der Waals surface area contributed by atoms with E-state index in [9.17, 15) is 5.11 Å². The molecule has 0 aliphatic carbocycles. The lowest BCUT2D eigenvalue weighted by Crippen LogP contribution is -1.90. The molecule has 0 aliphatic heterocycles. The Kier molecular flexibility index (Phi) is 3.01. The summed E-state index contributed by atoms with van der Waals surface area (Å²) in [5.41, 5.74) is 5.13. The van der Waals surface area contributed by atoms with Gasteiger partial charge in [-0.25, -0.2) is 0 Å². The number of benzene rings is 2. The molecule has 0 spiro atoms. The second-order valence-corrected chi connectivity index (χ2v) is 4.29. The van der Waals surface area contributed by atoms with Crippen LogP contribution < -0.4 is 0 Å². The maximum Gasteiger partial charge on any atom is 0.119 e. The fourth-order valence-electron chi connectivity index (χ4n) is 1.86. The standard InChI is InChI=1S/C16H16O/c1-11-7-9-14(10-8-11)12(2)15-5-4-6-16(17)13(15)3/h4-10,17H,2H2,1,3H3. The van der Waals surface area contributed by atoms with Crippen LogP contribution >= 0.6 is 0 Å². The van der Waals surface area contributed by atoms with E-state index in [4.69, 9.17) is 0 Å². The van der Waals surface area contributed by atoms with Gasteiger partial charge in [0.05, 0.1) is 0 Å². The van der Waals surface area contributed by atoms with Crippen LogP contribution in [-0.4, -0.2) is 5.11 Å². The Hall–Kier alpha value is -2.02. The zero-order valence-electron chi connectivity index (χ0n) is 10.2. The molecule has 0 saturated carbocycles. The van der Waals surface area contributed by atoms with E-state index in [0.717, 1.165) is 22.3 Å². The summed E-state index contributed by atoms with van der Waals surface area (Å²) in [5, 5.41) is 9.70. The molecule has 2 aromatic rings. The molecule has 0 radical (unpaired) electrons. The average molecular weight is 224 g/mol. The third-order valence-electron chi connectivity index (χ3n) is 3.03. The number of hydrogen-bond acceptors (Lipinski definition) is 1. The highest BCUT2D eigenvalue weighted by atomic mass is 16.3. The lowest BCUT2D eigenvalue weighted by molar-refractivity contribution is 0.471. The maximum atomic E-state index is 9.70. The molecule has 2 rings (SSSR count). The van der Waals surface area contributed by atoms with Gasteiger partial charge >= 0.3 is 0 Å². The Labute approximate surface area is 102 Å². The molecule has 0 saturated heterocycles. The molecule has 0 aromatic heterocycles. The van der Waals surface area contributed by atoms with E-state index in [1.54, 1.807) is 6.07 Å². The number of phenols is 1. The summed E-state index contributed by atoms with van der Waals surface area (Å²) >= 11 is 0. The summed E-state index contributed by atoms with van der Waals surface area (Å²) in [5.74, 6) is 0.316. The molecule has 0 unspecified atom stereocenters. The van der Waals surface area contributed by atoms with Crippen LogP contribution in [0.4, 0.5) is 0 Å². The second kappa shape index (κ2) is 4.46. The molecular weight excluding hydrogens is 208 g/mol. The van der Waals surface area contributed by atoms with Crippen molar-refractivity contribution in [3.63, 3.8) is 0 Å². The smallest absolute Gasteiger partial charge is 0.119 e. The summed E-state index contributed by atoms with van der Waals surface area (Å²) in [4.78, 5) is 0. The Balaban J connectivity index is 2.44. The van der Waals surface area contributed by atoms with Gasteiger partial charge in [-0.05, 0) is 42.2 Å². The summed E-state index contributed by atoms with van der Waals surface area (Å²) in [7, 11) is 0. The van der Waals surface area contributed by atoms with E-state index in [1.165, 1.54) is 5.56 Å². The number of phenolic OH excluding ortho intramolecular Hbond substituents is 1. The van der Waals surface area contributed by atoms with E-state index in [2.05, 4.69) is 37.8 Å². The zero-order chi connectivity index (χ0) is 12.4. The lowest BCUT2D eigenvalue weighted by Gasteiger charge is -2.11. The Morgan fingerprint density at radius 1 is 1.00 bits per heavy atom. The molecule has 0 heterocycles. The topological polar surface area (TPSA) is 20.2 Å². The maximum absolute atomic E-state index is 9.70. The molecular formula is C16H16O. The third kappa shape index (κ3) is 2.23. The number of rotatable bonds is 2. The summed E-state index contributed by atoms with van der Waals surface area (Å²) < 4.78 is 0. The van der Waals surface area contributed by atoms with Crippen molar-refractivity contribution in [3.8, 4) is 5.75 Å². The zero-order valence-corrected chi connectivity index (χ0v) is 10.2. The van der Waals surface area contributed by atoms with E-state index >= 15 is 0 Å². The van der Waals surface area contributed by atoms with Gasteiger partial charge in [-0.15, -0.1) is 0 Å². The van der Waals surface area contributed by atoms with Gasteiger partial charge < -0.3 is 5.11 Å². The summed E-state index contributed by atoms with van der Waals surface area (Å²) in [6.45, 7) is 8.08. The highest BCUT2D eigenvalue weighted by molar-refractivity contribution is 5.80. The van der Waals surface area contributed by atoms with Gasteiger partial charge in [0.15, 0.2) is 0 Å². The molecule has 1 nitrogen and oxygen atoms in total. The summed E-state index contributed by atoms with van der Waals surface area (Å²) in [6, 6.07) is 13.8.